The summed E-state index contributed by atoms with van der Waals surface area (Å²) in [6, 6.07) is 9.36. The zero-order valence-electron chi connectivity index (χ0n) is 10.5. The zero-order chi connectivity index (χ0) is 13.0. The number of likely N-dealkylation sites (tertiary alicyclic amines) is 1. The summed E-state index contributed by atoms with van der Waals surface area (Å²) >= 11 is 1.40. The normalized spacial score (nSPS) is 19.9. The Bertz CT molecular complexity index is 433. The second-order valence-corrected chi connectivity index (χ2v) is 5.89. The van der Waals surface area contributed by atoms with Gasteiger partial charge in [0.1, 0.15) is 5.78 Å². The van der Waals surface area contributed by atoms with Crippen LogP contribution >= 0.6 is 11.8 Å². The summed E-state index contributed by atoms with van der Waals surface area (Å²) in [5, 5.41) is 0.447. The van der Waals surface area contributed by atoms with Gasteiger partial charge in [-0.25, -0.2) is 0 Å². The minimum Gasteiger partial charge on any atom is -0.299 e. The van der Waals surface area contributed by atoms with Crippen LogP contribution in [0.15, 0.2) is 30.3 Å². The third-order valence-electron chi connectivity index (χ3n) is 2.96. The van der Waals surface area contributed by atoms with Crippen molar-refractivity contribution in [1.29, 1.82) is 0 Å². The topological polar surface area (TPSA) is 37.4 Å². The maximum Gasteiger partial charge on any atom is 0.219 e. The van der Waals surface area contributed by atoms with Gasteiger partial charge in [0.05, 0.1) is 6.54 Å². The van der Waals surface area contributed by atoms with Gasteiger partial charge in [-0.1, -0.05) is 42.1 Å². The van der Waals surface area contributed by atoms with Gasteiger partial charge in [-0.05, 0) is 19.9 Å². The molecule has 4 heteroatoms. The minimum absolute atomic E-state index is 0.130. The fourth-order valence-electron chi connectivity index (χ4n) is 2.15. The fraction of sp³-hybridized carbons (Fsp3) is 0.429. The zero-order valence-corrected chi connectivity index (χ0v) is 11.3. The lowest BCUT2D eigenvalue weighted by atomic mass is 10.2. The lowest BCUT2D eigenvalue weighted by Gasteiger charge is -2.13. The Morgan fingerprint density at radius 2 is 2.06 bits per heavy atom. The lowest BCUT2D eigenvalue weighted by Crippen LogP contribution is -2.26. The maximum atomic E-state index is 12.0. The van der Waals surface area contributed by atoms with Crippen LogP contribution in [0.1, 0.15) is 23.7 Å². The predicted molar refractivity (Wildman–Crippen MR) is 73.9 cm³/mol. The first-order valence-corrected chi connectivity index (χ1v) is 7.01. The minimum atomic E-state index is 0.130. The van der Waals surface area contributed by atoms with E-state index in [4.69, 9.17) is 0 Å². The van der Waals surface area contributed by atoms with Gasteiger partial charge in [0.15, 0.2) is 0 Å². The molecule has 1 atom stereocenters. The molecule has 0 aromatic heterocycles. The Hall–Kier alpha value is -1.13. The number of ketones is 1. The van der Waals surface area contributed by atoms with Crippen molar-refractivity contribution in [2.45, 2.75) is 18.6 Å². The number of hydrogen-bond acceptors (Lipinski definition) is 4. The largest absolute Gasteiger partial charge is 0.299 e. The lowest BCUT2D eigenvalue weighted by molar-refractivity contribution is -0.117. The Kier molecular flexibility index (Phi) is 4.55. The highest BCUT2D eigenvalue weighted by atomic mass is 32.2. The van der Waals surface area contributed by atoms with Crippen LogP contribution in [0.2, 0.25) is 0 Å². The van der Waals surface area contributed by atoms with Crippen LogP contribution < -0.4 is 0 Å². The van der Waals surface area contributed by atoms with E-state index in [1.165, 1.54) is 11.8 Å². The van der Waals surface area contributed by atoms with Crippen molar-refractivity contribution < 1.29 is 9.59 Å². The number of benzene rings is 1. The van der Waals surface area contributed by atoms with Crippen molar-refractivity contribution in [1.82, 2.24) is 4.90 Å². The van der Waals surface area contributed by atoms with Gasteiger partial charge in [0.25, 0.3) is 0 Å². The molecule has 2 rings (SSSR count). The molecular formula is C14H17NO2S. The highest BCUT2D eigenvalue weighted by Crippen LogP contribution is 2.25. The molecule has 3 nitrogen and oxygen atoms in total. The van der Waals surface area contributed by atoms with Crippen molar-refractivity contribution in [2.24, 2.45) is 0 Å². The third kappa shape index (κ3) is 3.68. The molecular weight excluding hydrogens is 246 g/mol. The predicted octanol–water partition coefficient (Wildman–Crippen LogP) is 2.22. The van der Waals surface area contributed by atoms with Gasteiger partial charge in [0, 0.05) is 17.4 Å². The summed E-state index contributed by atoms with van der Waals surface area (Å²) in [6.45, 7) is 3.87. The molecule has 0 spiro atoms. The maximum absolute atomic E-state index is 12.0. The highest BCUT2D eigenvalue weighted by Gasteiger charge is 2.25. The van der Waals surface area contributed by atoms with E-state index in [1.807, 2.05) is 30.3 Å². The first kappa shape index (κ1) is 13.3. The molecule has 1 aromatic rings. The molecule has 0 amide bonds. The molecule has 0 aliphatic carbocycles. The van der Waals surface area contributed by atoms with E-state index in [0.717, 1.165) is 25.1 Å². The van der Waals surface area contributed by atoms with Crippen LogP contribution in [0.25, 0.3) is 0 Å². The second kappa shape index (κ2) is 6.16. The van der Waals surface area contributed by atoms with Crippen LogP contribution in [-0.2, 0) is 4.79 Å². The molecule has 0 radical (unpaired) electrons. The molecule has 1 heterocycles. The number of rotatable bonds is 4. The van der Waals surface area contributed by atoms with Gasteiger partial charge >= 0.3 is 0 Å². The number of Topliss-reactive ketones (excluding diaryl/α,β-unsaturated/α-hetero) is 1. The van der Waals surface area contributed by atoms with E-state index in [2.05, 4.69) is 4.90 Å². The van der Waals surface area contributed by atoms with Crippen LogP contribution in [-0.4, -0.2) is 40.7 Å². The summed E-state index contributed by atoms with van der Waals surface area (Å²) < 4.78 is 0. The Morgan fingerprint density at radius 1 is 1.33 bits per heavy atom. The summed E-state index contributed by atoms with van der Waals surface area (Å²) in [5.74, 6) is 0.190. The van der Waals surface area contributed by atoms with Crippen molar-refractivity contribution in [3.05, 3.63) is 35.9 Å². The first-order valence-electron chi connectivity index (χ1n) is 6.13. The Morgan fingerprint density at radius 3 is 2.72 bits per heavy atom. The Balaban J connectivity index is 1.85. The van der Waals surface area contributed by atoms with Crippen molar-refractivity contribution in [3.63, 3.8) is 0 Å². The van der Waals surface area contributed by atoms with E-state index >= 15 is 0 Å². The quantitative estimate of drug-likeness (QED) is 0.835. The average Bonchev–Trinajstić information content (AvgIpc) is 2.76. The van der Waals surface area contributed by atoms with Crippen LogP contribution in [0.3, 0.4) is 0 Å². The Labute approximate surface area is 112 Å². The van der Waals surface area contributed by atoms with Crippen molar-refractivity contribution in [3.8, 4) is 0 Å². The molecule has 0 unspecified atom stereocenters. The molecule has 0 N–H and O–H groups in total. The molecule has 0 saturated carbocycles. The summed E-state index contributed by atoms with van der Waals surface area (Å²) in [7, 11) is 0. The monoisotopic (exact) mass is 263 g/mol. The van der Waals surface area contributed by atoms with Crippen molar-refractivity contribution >= 4 is 22.7 Å². The molecule has 0 bridgehead atoms. The molecule has 1 saturated heterocycles. The van der Waals surface area contributed by atoms with E-state index in [9.17, 15) is 9.59 Å². The second-order valence-electron chi connectivity index (χ2n) is 4.62. The summed E-state index contributed by atoms with van der Waals surface area (Å²) in [6.07, 6.45) is 0.983. The smallest absolute Gasteiger partial charge is 0.219 e. The number of thioether (sulfide) groups is 1. The third-order valence-corrected chi connectivity index (χ3v) is 4.13. The van der Waals surface area contributed by atoms with Crippen LogP contribution in [0.4, 0.5) is 0 Å². The molecule has 18 heavy (non-hydrogen) atoms. The van der Waals surface area contributed by atoms with E-state index in [-0.39, 0.29) is 10.9 Å². The van der Waals surface area contributed by atoms with Crippen LogP contribution in [0.5, 0.6) is 0 Å². The fourth-order valence-corrected chi connectivity index (χ4v) is 3.23. The SMILES string of the molecule is CC(=O)CN1CC[C@H](SC(=O)c2ccccc2)C1. The van der Waals surface area contributed by atoms with Gasteiger partial charge in [-0.3, -0.25) is 14.5 Å². The first-order chi connectivity index (χ1) is 8.65. The number of carbonyl (C=O) groups excluding carboxylic acids is 2. The van der Waals surface area contributed by atoms with Crippen LogP contribution in [0, 0.1) is 0 Å². The molecule has 1 fully saturated rings. The number of carbonyl (C=O) groups is 2. The molecule has 1 aromatic carbocycles. The summed E-state index contributed by atoms with van der Waals surface area (Å²) in [5.41, 5.74) is 0.757. The molecule has 96 valence electrons. The number of hydrogen-bond donors (Lipinski definition) is 0. The highest BCUT2D eigenvalue weighted by molar-refractivity contribution is 8.14. The van der Waals surface area contributed by atoms with E-state index < -0.39 is 0 Å². The molecule has 1 aliphatic heterocycles. The van der Waals surface area contributed by atoms with E-state index in [1.54, 1.807) is 6.92 Å². The van der Waals surface area contributed by atoms with Gasteiger partial charge in [-0.2, -0.15) is 0 Å². The van der Waals surface area contributed by atoms with Gasteiger partial charge in [0.2, 0.25) is 5.12 Å². The van der Waals surface area contributed by atoms with Gasteiger partial charge < -0.3 is 0 Å². The average molecular weight is 263 g/mol. The number of nitrogens with zero attached hydrogens (tertiary/aromatic N) is 1. The summed E-state index contributed by atoms with van der Waals surface area (Å²) in [4.78, 5) is 25.2. The van der Waals surface area contributed by atoms with Gasteiger partial charge in [-0.15, -0.1) is 0 Å². The standard InChI is InChI=1S/C14H17NO2S/c1-11(16)9-15-8-7-13(10-15)18-14(17)12-5-3-2-4-6-12/h2-6,13H,7-10H2,1H3/t13-/m0/s1. The van der Waals surface area contributed by atoms with E-state index in [0.29, 0.717) is 11.8 Å². The van der Waals surface area contributed by atoms with Crippen molar-refractivity contribution in [2.75, 3.05) is 19.6 Å². The molecule has 1 aliphatic rings.